The van der Waals surface area contributed by atoms with Crippen molar-refractivity contribution in [3.05, 3.63) is 88.2 Å². The van der Waals surface area contributed by atoms with Gasteiger partial charge < -0.3 is 4.98 Å². The lowest BCUT2D eigenvalue weighted by Crippen LogP contribution is -2.15. The Morgan fingerprint density at radius 1 is 1.10 bits per heavy atom. The van der Waals surface area contributed by atoms with Crippen LogP contribution in [0.3, 0.4) is 0 Å². The van der Waals surface area contributed by atoms with Gasteiger partial charge in [0.25, 0.3) is 0 Å². The number of aromatic amines is 1. The first kappa shape index (κ1) is 21.7. The van der Waals surface area contributed by atoms with Crippen LogP contribution in [0.25, 0.3) is 0 Å². The molecule has 158 valence electrons. The van der Waals surface area contributed by atoms with Gasteiger partial charge in [0.1, 0.15) is 11.6 Å². The largest absolute Gasteiger partial charge is 0.355 e. The number of sulfonamides is 1. The molecule has 0 aliphatic carbocycles. The number of hydrogen-bond donors (Lipinski definition) is 2. The summed E-state index contributed by atoms with van der Waals surface area (Å²) in [6.07, 6.45) is 0. The van der Waals surface area contributed by atoms with Gasteiger partial charge in [-0.25, -0.2) is 17.2 Å². The third-order valence-corrected chi connectivity index (χ3v) is 6.26. The van der Waals surface area contributed by atoms with Crippen molar-refractivity contribution in [3.8, 4) is 0 Å². The number of anilines is 1. The molecule has 2 N–H and O–H groups in total. The first-order chi connectivity index (χ1) is 14.1. The van der Waals surface area contributed by atoms with Crippen LogP contribution in [0.2, 0.25) is 0 Å². The summed E-state index contributed by atoms with van der Waals surface area (Å²) in [6, 6.07) is 11.2. The van der Waals surface area contributed by atoms with Gasteiger partial charge in [-0.1, -0.05) is 13.0 Å². The quantitative estimate of drug-likeness (QED) is 0.529. The zero-order valence-corrected chi connectivity index (χ0v) is 17.6. The van der Waals surface area contributed by atoms with E-state index in [-0.39, 0.29) is 17.2 Å². The number of rotatable bonds is 7. The maximum Gasteiger partial charge on any atom is 0.232 e. The summed E-state index contributed by atoms with van der Waals surface area (Å²) in [5.41, 5.74) is 2.55. The molecule has 30 heavy (non-hydrogen) atoms. The van der Waals surface area contributed by atoms with E-state index in [0.717, 1.165) is 6.07 Å². The Labute approximate surface area is 174 Å². The average molecular weight is 432 g/mol. The van der Waals surface area contributed by atoms with Gasteiger partial charge in [0.2, 0.25) is 15.8 Å². The highest BCUT2D eigenvalue weighted by molar-refractivity contribution is 7.92. The van der Waals surface area contributed by atoms with Crippen molar-refractivity contribution < 1.29 is 22.0 Å². The molecule has 1 unspecified atom stereocenters. The van der Waals surface area contributed by atoms with Crippen molar-refractivity contribution in [3.63, 3.8) is 0 Å². The number of hydrogen-bond acceptors (Lipinski definition) is 3. The summed E-state index contributed by atoms with van der Waals surface area (Å²) in [4.78, 5) is 15.8. The second kappa shape index (κ2) is 8.39. The van der Waals surface area contributed by atoms with Gasteiger partial charge in [-0.3, -0.25) is 9.52 Å². The van der Waals surface area contributed by atoms with E-state index < -0.39 is 27.6 Å². The van der Waals surface area contributed by atoms with Crippen molar-refractivity contribution in [2.45, 2.75) is 26.7 Å². The number of benzene rings is 2. The predicted octanol–water partition coefficient (Wildman–Crippen LogP) is 4.75. The molecular weight excluding hydrogens is 410 g/mol. The van der Waals surface area contributed by atoms with Gasteiger partial charge in [-0.05, 0) is 67.4 Å². The third-order valence-electron chi connectivity index (χ3n) is 4.96. The van der Waals surface area contributed by atoms with E-state index in [4.69, 9.17) is 0 Å². The summed E-state index contributed by atoms with van der Waals surface area (Å²) >= 11 is 0. The molecule has 0 radical (unpaired) electrons. The number of halogens is 2. The average Bonchev–Trinajstić information content (AvgIpc) is 3.09. The maximum atomic E-state index is 14.7. The van der Waals surface area contributed by atoms with E-state index in [0.29, 0.717) is 28.1 Å². The number of nitrogens with one attached hydrogen (secondary N) is 2. The lowest BCUT2D eigenvalue weighted by molar-refractivity contribution is 0.103. The van der Waals surface area contributed by atoms with Crippen LogP contribution in [0.4, 0.5) is 14.5 Å². The van der Waals surface area contributed by atoms with Crippen LogP contribution in [-0.2, 0) is 10.0 Å². The molecule has 1 atom stereocenters. The van der Waals surface area contributed by atoms with Crippen molar-refractivity contribution >= 4 is 21.5 Å². The first-order valence-corrected chi connectivity index (χ1v) is 11.1. The lowest BCUT2D eigenvalue weighted by atomic mass is 9.97. The van der Waals surface area contributed by atoms with Crippen LogP contribution in [0, 0.1) is 18.6 Å². The van der Waals surface area contributed by atoms with Gasteiger partial charge >= 0.3 is 0 Å². The van der Waals surface area contributed by atoms with E-state index in [1.54, 1.807) is 19.9 Å². The Hall–Kier alpha value is -3.00. The molecule has 0 saturated carbocycles. The number of H-pyrrole nitrogens is 1. The number of ketones is 1. The predicted molar refractivity (Wildman–Crippen MR) is 112 cm³/mol. The number of carbonyl (C=O) groups is 1. The van der Waals surface area contributed by atoms with Crippen molar-refractivity contribution in [1.29, 1.82) is 0 Å². The van der Waals surface area contributed by atoms with Crippen LogP contribution >= 0.6 is 0 Å². The molecule has 1 heterocycles. The minimum Gasteiger partial charge on any atom is -0.355 e. The second-order valence-electron chi connectivity index (χ2n) is 7.08. The molecule has 0 fully saturated rings. The summed E-state index contributed by atoms with van der Waals surface area (Å²) in [5, 5.41) is 0. The Morgan fingerprint density at radius 2 is 1.77 bits per heavy atom. The second-order valence-corrected chi connectivity index (χ2v) is 9.09. The first-order valence-electron chi connectivity index (χ1n) is 9.41. The van der Waals surface area contributed by atoms with E-state index in [1.165, 1.54) is 43.3 Å². The zero-order valence-electron chi connectivity index (χ0n) is 16.8. The summed E-state index contributed by atoms with van der Waals surface area (Å²) in [7, 11) is -3.50. The van der Waals surface area contributed by atoms with Crippen LogP contribution < -0.4 is 4.72 Å². The van der Waals surface area contributed by atoms with Gasteiger partial charge in [0.05, 0.1) is 17.1 Å². The minimum absolute atomic E-state index is 0.112. The molecule has 0 aliphatic rings. The Morgan fingerprint density at radius 3 is 2.37 bits per heavy atom. The summed E-state index contributed by atoms with van der Waals surface area (Å²) in [5.74, 6) is -1.79. The van der Waals surface area contributed by atoms with E-state index in [9.17, 15) is 22.0 Å². The Bertz CT molecular complexity index is 1190. The van der Waals surface area contributed by atoms with Gasteiger partial charge in [-0.2, -0.15) is 0 Å². The molecule has 2 aromatic carbocycles. The summed E-state index contributed by atoms with van der Waals surface area (Å²) < 4.78 is 53.5. The SMILES string of the molecule is CCS(=O)(=O)Nc1ccc(C(C)c2cc(C)c(C(=O)c3ccc(F)cc3)[nH]2)c(F)c1. The smallest absolute Gasteiger partial charge is 0.232 e. The van der Waals surface area contributed by atoms with E-state index in [1.807, 2.05) is 0 Å². The van der Waals surface area contributed by atoms with E-state index >= 15 is 0 Å². The normalized spacial score (nSPS) is 12.6. The maximum absolute atomic E-state index is 14.7. The minimum atomic E-state index is -3.50. The molecular formula is C22H22F2N2O3S. The summed E-state index contributed by atoms with van der Waals surface area (Å²) in [6.45, 7) is 5.04. The van der Waals surface area contributed by atoms with Crippen LogP contribution in [0.1, 0.15) is 52.6 Å². The molecule has 0 spiro atoms. The van der Waals surface area contributed by atoms with Gasteiger partial charge in [0, 0.05) is 17.2 Å². The monoisotopic (exact) mass is 432 g/mol. The Kier molecular flexibility index (Phi) is 6.07. The molecule has 8 heteroatoms. The Balaban J connectivity index is 1.87. The van der Waals surface area contributed by atoms with Crippen LogP contribution in [0.15, 0.2) is 48.5 Å². The highest BCUT2D eigenvalue weighted by Crippen LogP contribution is 2.29. The van der Waals surface area contributed by atoms with Crippen LogP contribution in [0.5, 0.6) is 0 Å². The molecule has 3 aromatic rings. The molecule has 5 nitrogen and oxygen atoms in total. The zero-order chi connectivity index (χ0) is 22.1. The molecule has 0 aliphatic heterocycles. The lowest BCUT2D eigenvalue weighted by Gasteiger charge is -2.13. The number of aryl methyl sites for hydroxylation is 1. The number of aromatic nitrogens is 1. The number of carbonyl (C=O) groups excluding carboxylic acids is 1. The highest BCUT2D eigenvalue weighted by atomic mass is 32.2. The van der Waals surface area contributed by atoms with Gasteiger partial charge in [-0.15, -0.1) is 0 Å². The van der Waals surface area contributed by atoms with Gasteiger partial charge in [0.15, 0.2) is 0 Å². The van der Waals surface area contributed by atoms with E-state index in [2.05, 4.69) is 9.71 Å². The topological polar surface area (TPSA) is 79.0 Å². The molecule has 0 bridgehead atoms. The molecule has 1 aromatic heterocycles. The molecule has 0 amide bonds. The highest BCUT2D eigenvalue weighted by Gasteiger charge is 2.21. The third kappa shape index (κ3) is 4.59. The molecule has 3 rings (SSSR count). The standard InChI is InChI=1S/C22H22F2N2O3S/c1-4-30(28,29)26-17-9-10-18(19(24)12-17)14(3)20-11-13(2)21(25-20)22(27)15-5-7-16(23)8-6-15/h5-12,14,25-26H,4H2,1-3H3. The van der Waals surface area contributed by atoms with Crippen LogP contribution in [-0.4, -0.2) is 24.9 Å². The molecule has 0 saturated heterocycles. The fourth-order valence-electron chi connectivity index (χ4n) is 3.16. The fourth-order valence-corrected chi connectivity index (χ4v) is 3.79. The van der Waals surface area contributed by atoms with Crippen molar-refractivity contribution in [2.24, 2.45) is 0 Å². The van der Waals surface area contributed by atoms with Crippen molar-refractivity contribution in [1.82, 2.24) is 4.98 Å². The fraction of sp³-hybridized carbons (Fsp3) is 0.227. The van der Waals surface area contributed by atoms with Crippen molar-refractivity contribution in [2.75, 3.05) is 10.5 Å².